The largest absolute Gasteiger partial charge is 0.459 e. The molecule has 2 atom stereocenters. The Kier molecular flexibility index (Phi) is 8.20. The number of rotatable bonds is 2. The van der Waals surface area contributed by atoms with Crippen molar-refractivity contribution in [1.82, 2.24) is 25.1 Å². The molecule has 0 radical (unpaired) electrons. The summed E-state index contributed by atoms with van der Waals surface area (Å²) in [5.74, 6) is 1.21. The van der Waals surface area contributed by atoms with Crippen molar-refractivity contribution < 1.29 is 25.8 Å². The molecule has 2 unspecified atom stereocenters. The zero-order valence-corrected chi connectivity index (χ0v) is 17.8. The Morgan fingerprint density at radius 1 is 1.25 bits per heavy atom. The van der Waals surface area contributed by atoms with Crippen molar-refractivity contribution in [3.63, 3.8) is 0 Å². The van der Waals surface area contributed by atoms with Gasteiger partial charge in [0.25, 0.3) is 0 Å². The second kappa shape index (κ2) is 9.40. The summed E-state index contributed by atoms with van der Waals surface area (Å²) in [6.07, 6.45) is 0.966. The molecular formula is C17H26N5OW-. The molecule has 0 bridgehead atoms. The SMILES string of the molecule is COC.[CH2-]N1CCC(c2ccccc2)(c2nnn(C)n2)C(C)C1.[W]. The molecule has 132 valence electrons. The molecule has 1 aliphatic heterocycles. The molecule has 1 aromatic carbocycles. The number of piperidine rings is 1. The van der Waals surface area contributed by atoms with E-state index in [1.807, 2.05) is 13.1 Å². The Balaban J connectivity index is 0.000000671. The van der Waals surface area contributed by atoms with Gasteiger partial charge in [-0.25, -0.2) is 0 Å². The number of aromatic nitrogens is 4. The van der Waals surface area contributed by atoms with Gasteiger partial charge in [-0.1, -0.05) is 37.3 Å². The molecule has 7 heteroatoms. The van der Waals surface area contributed by atoms with Crippen LogP contribution in [0.15, 0.2) is 30.3 Å². The van der Waals surface area contributed by atoms with E-state index in [1.165, 1.54) is 5.56 Å². The van der Waals surface area contributed by atoms with Crippen LogP contribution in [0.3, 0.4) is 0 Å². The summed E-state index contributed by atoms with van der Waals surface area (Å²) >= 11 is 0. The van der Waals surface area contributed by atoms with Crippen molar-refractivity contribution in [2.45, 2.75) is 18.8 Å². The fraction of sp³-hybridized carbons (Fsp3) is 0.529. The number of aryl methyl sites for hydroxylation is 1. The van der Waals surface area contributed by atoms with Crippen LogP contribution in [0.1, 0.15) is 24.7 Å². The molecule has 0 N–H and O–H groups in total. The topological polar surface area (TPSA) is 56.1 Å². The second-order valence-electron chi connectivity index (χ2n) is 6.08. The third-order valence-corrected chi connectivity index (χ3v) is 4.39. The van der Waals surface area contributed by atoms with E-state index in [9.17, 15) is 0 Å². The Bertz CT molecular complexity index is 606. The van der Waals surface area contributed by atoms with Crippen molar-refractivity contribution in [3.05, 3.63) is 48.8 Å². The average molecular weight is 500 g/mol. The molecule has 6 nitrogen and oxygen atoms in total. The molecule has 2 aromatic rings. The van der Waals surface area contributed by atoms with Gasteiger partial charge in [-0.05, 0) is 36.2 Å². The van der Waals surface area contributed by atoms with E-state index in [-0.39, 0.29) is 26.5 Å². The first kappa shape index (κ1) is 20.9. The van der Waals surface area contributed by atoms with Crippen LogP contribution >= 0.6 is 0 Å². The first-order valence-electron chi connectivity index (χ1n) is 7.80. The summed E-state index contributed by atoms with van der Waals surface area (Å²) in [5.41, 5.74) is 1.11. The van der Waals surface area contributed by atoms with Crippen molar-refractivity contribution in [3.8, 4) is 0 Å². The third-order valence-electron chi connectivity index (χ3n) is 4.39. The van der Waals surface area contributed by atoms with Gasteiger partial charge >= 0.3 is 0 Å². The average Bonchev–Trinajstić information content (AvgIpc) is 2.96. The van der Waals surface area contributed by atoms with Gasteiger partial charge in [0.2, 0.25) is 0 Å². The molecule has 1 aromatic heterocycles. The predicted molar refractivity (Wildman–Crippen MR) is 89.7 cm³/mol. The van der Waals surface area contributed by atoms with E-state index in [2.05, 4.69) is 63.3 Å². The standard InChI is InChI=1S/C15H20N5.C2H6O.W/c1-12-11-19(2)10-9-15(12,13-7-5-4-6-8-13)14-16-18-20(3)17-14;1-3-2;/h4-8,12H,2,9-11H2,1,3H3;1-2H3;/q-1;;. The van der Waals surface area contributed by atoms with Crippen molar-refractivity contribution in [2.75, 3.05) is 27.3 Å². The Hall–Kier alpha value is -1.10. The van der Waals surface area contributed by atoms with Crippen LogP contribution < -0.4 is 0 Å². The zero-order chi connectivity index (χ0) is 16.9. The molecule has 0 spiro atoms. The summed E-state index contributed by atoms with van der Waals surface area (Å²) in [6.45, 7) is 4.13. The van der Waals surface area contributed by atoms with Crippen LogP contribution in [-0.2, 0) is 38.3 Å². The molecule has 0 aliphatic carbocycles. The van der Waals surface area contributed by atoms with E-state index in [4.69, 9.17) is 0 Å². The number of nitrogens with zero attached hydrogens (tertiary/aromatic N) is 5. The summed E-state index contributed by atoms with van der Waals surface area (Å²) in [6, 6.07) is 10.5. The fourth-order valence-corrected chi connectivity index (χ4v) is 3.30. The van der Waals surface area contributed by atoms with Crippen molar-refractivity contribution in [1.29, 1.82) is 0 Å². The van der Waals surface area contributed by atoms with Gasteiger partial charge in [-0.2, -0.15) is 4.80 Å². The first-order valence-corrected chi connectivity index (χ1v) is 7.80. The minimum atomic E-state index is -0.163. The summed E-state index contributed by atoms with van der Waals surface area (Å²) in [7, 11) is 9.14. The normalized spacial score (nSPS) is 23.8. The molecule has 2 heterocycles. The number of benzene rings is 1. The van der Waals surface area contributed by atoms with Crippen LogP contribution in [0.25, 0.3) is 0 Å². The third kappa shape index (κ3) is 4.29. The predicted octanol–water partition coefficient (Wildman–Crippen LogP) is 1.89. The van der Waals surface area contributed by atoms with E-state index >= 15 is 0 Å². The van der Waals surface area contributed by atoms with Gasteiger partial charge in [-0.15, -0.1) is 10.2 Å². The van der Waals surface area contributed by atoms with Crippen LogP contribution in [0, 0.1) is 13.0 Å². The van der Waals surface area contributed by atoms with Gasteiger partial charge in [0.1, 0.15) is 0 Å². The van der Waals surface area contributed by atoms with Crippen molar-refractivity contribution >= 4 is 0 Å². The summed E-state index contributed by atoms with van der Waals surface area (Å²) < 4.78 is 4.25. The summed E-state index contributed by atoms with van der Waals surface area (Å²) in [4.78, 5) is 3.67. The van der Waals surface area contributed by atoms with Crippen molar-refractivity contribution in [2.24, 2.45) is 13.0 Å². The van der Waals surface area contributed by atoms with E-state index in [1.54, 1.807) is 19.0 Å². The van der Waals surface area contributed by atoms with E-state index in [0.717, 1.165) is 25.3 Å². The molecular weight excluding hydrogens is 474 g/mol. The second-order valence-corrected chi connectivity index (χ2v) is 6.08. The maximum atomic E-state index is 4.51. The maximum Gasteiger partial charge on any atom is 0.185 e. The van der Waals surface area contributed by atoms with E-state index in [0.29, 0.717) is 5.92 Å². The van der Waals surface area contributed by atoms with Gasteiger partial charge < -0.3 is 9.64 Å². The summed E-state index contributed by atoms with van der Waals surface area (Å²) in [5, 5.41) is 12.9. The molecule has 24 heavy (non-hydrogen) atoms. The minimum Gasteiger partial charge on any atom is -0.459 e. The number of hydrogen-bond donors (Lipinski definition) is 0. The number of likely N-dealkylation sites (tertiary alicyclic amines) is 1. The smallest absolute Gasteiger partial charge is 0.185 e. The zero-order valence-electron chi connectivity index (χ0n) is 14.8. The Morgan fingerprint density at radius 2 is 1.88 bits per heavy atom. The maximum absolute atomic E-state index is 4.51. The van der Waals surface area contributed by atoms with E-state index < -0.39 is 0 Å². The first-order chi connectivity index (χ1) is 11.0. The molecule has 1 aliphatic rings. The quantitative estimate of drug-likeness (QED) is 0.590. The fourth-order valence-electron chi connectivity index (χ4n) is 3.30. The van der Waals surface area contributed by atoms with Crippen LogP contribution in [0.5, 0.6) is 0 Å². The number of ether oxygens (including phenoxy) is 1. The molecule has 0 saturated carbocycles. The molecule has 1 fully saturated rings. The van der Waals surface area contributed by atoms with Gasteiger partial charge in [-0.3, -0.25) is 7.05 Å². The minimum absolute atomic E-state index is 0. The monoisotopic (exact) mass is 500 g/mol. The van der Waals surface area contributed by atoms with Crippen LogP contribution in [0.4, 0.5) is 0 Å². The van der Waals surface area contributed by atoms with Gasteiger partial charge in [0.05, 0.1) is 12.5 Å². The Labute approximate surface area is 158 Å². The number of methoxy groups -OCH3 is 1. The number of tetrazole rings is 1. The van der Waals surface area contributed by atoms with Gasteiger partial charge in [0, 0.05) is 35.3 Å². The van der Waals surface area contributed by atoms with Crippen LogP contribution in [0.2, 0.25) is 0 Å². The number of hydrogen-bond acceptors (Lipinski definition) is 5. The van der Waals surface area contributed by atoms with Crippen LogP contribution in [-0.4, -0.2) is 52.4 Å². The molecule has 3 rings (SSSR count). The van der Waals surface area contributed by atoms with Gasteiger partial charge in [0.15, 0.2) is 5.82 Å². The molecule has 1 saturated heterocycles. The molecule has 0 amide bonds. The Morgan fingerprint density at radius 3 is 2.38 bits per heavy atom.